The van der Waals surface area contributed by atoms with Gasteiger partial charge in [-0.2, -0.15) is 5.10 Å². The number of esters is 1. The van der Waals surface area contributed by atoms with Crippen LogP contribution in [0.1, 0.15) is 50.1 Å². The number of piperidine rings is 1. The number of carbonyl (C=O) groups excluding carboxylic acids is 2. The highest BCUT2D eigenvalue weighted by Crippen LogP contribution is 2.22. The standard InChI is InChI=1S/C20H25N3O4/c1-4-27-20(26)14-9-11-22(12-10-14)19(25)17-15-7-5-6-8-16(15)18(24)23(21-17)13(2)3/h5-8,13-14H,4,9-12H2,1-3H3. The quantitative estimate of drug-likeness (QED) is 0.771. The molecule has 0 unspecified atom stereocenters. The Bertz CT molecular complexity index is 911. The minimum Gasteiger partial charge on any atom is -0.466 e. The summed E-state index contributed by atoms with van der Waals surface area (Å²) in [5.41, 5.74) is 0.0895. The molecule has 1 fully saturated rings. The van der Waals surface area contributed by atoms with Crippen LogP contribution < -0.4 is 5.56 Å². The molecule has 7 heteroatoms. The summed E-state index contributed by atoms with van der Waals surface area (Å²) >= 11 is 0. The summed E-state index contributed by atoms with van der Waals surface area (Å²) in [5, 5.41) is 5.44. The minimum atomic E-state index is -0.206. The Morgan fingerprint density at radius 1 is 1.19 bits per heavy atom. The van der Waals surface area contributed by atoms with Gasteiger partial charge >= 0.3 is 5.97 Å². The van der Waals surface area contributed by atoms with Gasteiger partial charge in [-0.05, 0) is 39.7 Å². The van der Waals surface area contributed by atoms with Gasteiger partial charge in [-0.25, -0.2) is 4.68 Å². The molecule has 0 radical (unpaired) electrons. The highest BCUT2D eigenvalue weighted by molar-refractivity contribution is 6.04. The number of rotatable bonds is 4. The average molecular weight is 371 g/mol. The fourth-order valence-electron chi connectivity index (χ4n) is 3.44. The summed E-state index contributed by atoms with van der Waals surface area (Å²) < 4.78 is 6.44. The van der Waals surface area contributed by atoms with E-state index in [1.807, 2.05) is 13.8 Å². The molecule has 1 aromatic heterocycles. The van der Waals surface area contributed by atoms with Crippen molar-refractivity contribution in [2.45, 2.75) is 39.7 Å². The van der Waals surface area contributed by atoms with Crippen molar-refractivity contribution in [2.24, 2.45) is 5.92 Å². The van der Waals surface area contributed by atoms with Crippen LogP contribution in [0.25, 0.3) is 10.8 Å². The van der Waals surface area contributed by atoms with Crippen LogP contribution in [0.3, 0.4) is 0 Å². The smallest absolute Gasteiger partial charge is 0.309 e. The fourth-order valence-corrected chi connectivity index (χ4v) is 3.44. The van der Waals surface area contributed by atoms with Gasteiger partial charge in [0.15, 0.2) is 5.69 Å². The number of fused-ring (bicyclic) bond motifs is 1. The van der Waals surface area contributed by atoms with Gasteiger partial charge in [-0.15, -0.1) is 0 Å². The Labute approximate surface area is 157 Å². The van der Waals surface area contributed by atoms with Crippen molar-refractivity contribution in [3.63, 3.8) is 0 Å². The van der Waals surface area contributed by atoms with Crippen LogP contribution in [0, 0.1) is 5.92 Å². The molecular weight excluding hydrogens is 346 g/mol. The van der Waals surface area contributed by atoms with Crippen molar-refractivity contribution in [1.82, 2.24) is 14.7 Å². The summed E-state index contributed by atoms with van der Waals surface area (Å²) in [4.78, 5) is 39.4. The molecule has 0 bridgehead atoms. The molecule has 0 N–H and O–H groups in total. The molecule has 7 nitrogen and oxygen atoms in total. The number of carbonyl (C=O) groups is 2. The number of hydrogen-bond donors (Lipinski definition) is 0. The predicted octanol–water partition coefficient (Wildman–Crippen LogP) is 2.39. The van der Waals surface area contributed by atoms with E-state index < -0.39 is 0 Å². The van der Waals surface area contributed by atoms with Crippen molar-refractivity contribution in [3.05, 3.63) is 40.3 Å². The number of benzene rings is 1. The largest absolute Gasteiger partial charge is 0.466 e. The molecule has 1 aliphatic rings. The van der Waals surface area contributed by atoms with Crippen LogP contribution in [-0.4, -0.2) is 46.3 Å². The van der Waals surface area contributed by atoms with Gasteiger partial charge in [0.2, 0.25) is 0 Å². The van der Waals surface area contributed by atoms with E-state index in [0.29, 0.717) is 43.3 Å². The topological polar surface area (TPSA) is 81.5 Å². The third-order valence-corrected chi connectivity index (χ3v) is 4.92. The highest BCUT2D eigenvalue weighted by Gasteiger charge is 2.30. The Morgan fingerprint density at radius 3 is 2.41 bits per heavy atom. The van der Waals surface area contributed by atoms with Crippen molar-refractivity contribution < 1.29 is 14.3 Å². The van der Waals surface area contributed by atoms with Gasteiger partial charge in [-0.1, -0.05) is 18.2 Å². The van der Waals surface area contributed by atoms with Crippen molar-refractivity contribution >= 4 is 22.6 Å². The molecule has 0 aliphatic carbocycles. The molecule has 1 amide bonds. The van der Waals surface area contributed by atoms with Crippen LogP contribution >= 0.6 is 0 Å². The van der Waals surface area contributed by atoms with Crippen molar-refractivity contribution in [1.29, 1.82) is 0 Å². The molecule has 1 aromatic carbocycles. The number of hydrogen-bond acceptors (Lipinski definition) is 5. The summed E-state index contributed by atoms with van der Waals surface area (Å²) in [7, 11) is 0. The predicted molar refractivity (Wildman–Crippen MR) is 102 cm³/mol. The van der Waals surface area contributed by atoms with E-state index in [2.05, 4.69) is 5.10 Å². The Kier molecular flexibility index (Phi) is 5.58. The zero-order chi connectivity index (χ0) is 19.6. The zero-order valence-electron chi connectivity index (χ0n) is 16.0. The first-order valence-corrected chi connectivity index (χ1v) is 9.41. The zero-order valence-corrected chi connectivity index (χ0v) is 16.0. The Hall–Kier alpha value is -2.70. The van der Waals surface area contributed by atoms with Crippen LogP contribution in [0.2, 0.25) is 0 Å². The summed E-state index contributed by atoms with van der Waals surface area (Å²) in [6.45, 7) is 6.82. The number of likely N-dealkylation sites (tertiary alicyclic amines) is 1. The second-order valence-corrected chi connectivity index (χ2v) is 7.06. The first-order chi connectivity index (χ1) is 12.9. The highest BCUT2D eigenvalue weighted by atomic mass is 16.5. The number of amides is 1. The molecular formula is C20H25N3O4. The third-order valence-electron chi connectivity index (χ3n) is 4.92. The third kappa shape index (κ3) is 3.72. The second kappa shape index (κ2) is 7.90. The lowest BCUT2D eigenvalue weighted by molar-refractivity contribution is -0.149. The molecule has 0 atom stereocenters. The summed E-state index contributed by atoms with van der Waals surface area (Å²) in [6.07, 6.45) is 1.15. The van der Waals surface area contributed by atoms with E-state index in [-0.39, 0.29) is 35.1 Å². The van der Waals surface area contributed by atoms with Crippen LogP contribution in [0.15, 0.2) is 29.1 Å². The van der Waals surface area contributed by atoms with Crippen molar-refractivity contribution in [2.75, 3.05) is 19.7 Å². The first kappa shape index (κ1) is 19.1. The molecule has 27 heavy (non-hydrogen) atoms. The van der Waals surface area contributed by atoms with E-state index in [0.717, 1.165) is 0 Å². The Balaban J connectivity index is 1.90. The maximum Gasteiger partial charge on any atom is 0.309 e. The van der Waals surface area contributed by atoms with E-state index in [4.69, 9.17) is 4.74 Å². The maximum atomic E-state index is 13.1. The summed E-state index contributed by atoms with van der Waals surface area (Å²) in [6, 6.07) is 6.92. The van der Waals surface area contributed by atoms with Crippen LogP contribution in [0.4, 0.5) is 0 Å². The first-order valence-electron chi connectivity index (χ1n) is 9.41. The van der Waals surface area contributed by atoms with Gasteiger partial charge in [0, 0.05) is 18.5 Å². The molecule has 2 aromatic rings. The maximum absolute atomic E-state index is 13.1. The van der Waals surface area contributed by atoms with Gasteiger partial charge in [0.1, 0.15) is 0 Å². The van der Waals surface area contributed by atoms with E-state index >= 15 is 0 Å². The SMILES string of the molecule is CCOC(=O)C1CCN(C(=O)c2nn(C(C)C)c(=O)c3ccccc23)CC1. The number of aromatic nitrogens is 2. The van der Waals surface area contributed by atoms with E-state index in [9.17, 15) is 14.4 Å². The summed E-state index contributed by atoms with van der Waals surface area (Å²) in [5.74, 6) is -0.562. The molecule has 3 rings (SSSR count). The van der Waals surface area contributed by atoms with E-state index in [1.165, 1.54) is 4.68 Å². The van der Waals surface area contributed by atoms with Crippen LogP contribution in [-0.2, 0) is 9.53 Å². The molecule has 144 valence electrons. The van der Waals surface area contributed by atoms with Gasteiger partial charge < -0.3 is 9.64 Å². The lowest BCUT2D eigenvalue weighted by atomic mass is 9.96. The monoisotopic (exact) mass is 371 g/mol. The van der Waals surface area contributed by atoms with Gasteiger partial charge in [0.25, 0.3) is 11.5 Å². The molecule has 1 aliphatic heterocycles. The molecule has 2 heterocycles. The number of ether oxygens (including phenoxy) is 1. The normalized spacial score (nSPS) is 15.3. The molecule has 1 saturated heterocycles. The molecule has 0 spiro atoms. The minimum absolute atomic E-state index is 0.150. The van der Waals surface area contributed by atoms with Gasteiger partial charge in [-0.3, -0.25) is 14.4 Å². The average Bonchev–Trinajstić information content (AvgIpc) is 2.68. The second-order valence-electron chi connectivity index (χ2n) is 7.06. The van der Waals surface area contributed by atoms with E-state index in [1.54, 1.807) is 36.1 Å². The molecule has 0 saturated carbocycles. The number of nitrogens with zero attached hydrogens (tertiary/aromatic N) is 3. The fraction of sp³-hybridized carbons (Fsp3) is 0.500. The van der Waals surface area contributed by atoms with Crippen LogP contribution in [0.5, 0.6) is 0 Å². The lowest BCUT2D eigenvalue weighted by Crippen LogP contribution is -2.42. The van der Waals surface area contributed by atoms with Gasteiger partial charge in [0.05, 0.1) is 24.0 Å². The lowest BCUT2D eigenvalue weighted by Gasteiger charge is -2.31. The Morgan fingerprint density at radius 2 is 1.81 bits per heavy atom. The van der Waals surface area contributed by atoms with Crippen molar-refractivity contribution in [3.8, 4) is 0 Å².